The number of nitrogens with one attached hydrogen (secondary N) is 1. The minimum Gasteiger partial charge on any atom is -0.478 e. The van der Waals surface area contributed by atoms with Crippen LogP contribution in [0.1, 0.15) is 67.1 Å². The molecule has 5 N–H and O–H groups in total. The predicted molar refractivity (Wildman–Crippen MR) is 106 cm³/mol. The van der Waals surface area contributed by atoms with Crippen LogP contribution in [0.3, 0.4) is 0 Å². The summed E-state index contributed by atoms with van der Waals surface area (Å²) in [4.78, 5) is 48.3. The number of amides is 2. The van der Waals surface area contributed by atoms with Crippen LogP contribution in [0.25, 0.3) is 10.8 Å². The number of halogens is 3. The van der Waals surface area contributed by atoms with Crippen molar-refractivity contribution in [3.8, 4) is 0 Å². The first kappa shape index (κ1) is 23.0. The standard InChI is InChI=1S/C21H19F3N2O6/c22-21(23,24)9-1-3-10(4-2-9)26-18(28)12-6-8-13(19(29)30)15-11(17(25)27)5-7-14(16(12)15)20(31)32/h5-10H,1-4H2,(H2,25,27)(H,26,28)(H,29,30)(H,31,32). The number of rotatable bonds is 5. The fraction of sp³-hybridized carbons (Fsp3) is 0.333. The zero-order valence-electron chi connectivity index (χ0n) is 16.5. The van der Waals surface area contributed by atoms with Crippen LogP contribution in [0.15, 0.2) is 24.3 Å². The summed E-state index contributed by atoms with van der Waals surface area (Å²) in [6.45, 7) is 0. The highest BCUT2D eigenvalue weighted by molar-refractivity contribution is 6.23. The van der Waals surface area contributed by atoms with E-state index in [0.29, 0.717) is 0 Å². The van der Waals surface area contributed by atoms with Crippen molar-refractivity contribution < 1.29 is 42.6 Å². The molecule has 1 saturated carbocycles. The lowest BCUT2D eigenvalue weighted by atomic mass is 9.85. The maximum absolute atomic E-state index is 13.0. The van der Waals surface area contributed by atoms with Crippen molar-refractivity contribution in [3.05, 3.63) is 46.5 Å². The Hall–Kier alpha value is -3.63. The number of carbonyl (C=O) groups excluding carboxylic acids is 2. The van der Waals surface area contributed by atoms with E-state index in [2.05, 4.69) is 5.32 Å². The van der Waals surface area contributed by atoms with E-state index in [9.17, 15) is 42.6 Å². The quantitative estimate of drug-likeness (QED) is 0.548. The van der Waals surface area contributed by atoms with Gasteiger partial charge in [-0.15, -0.1) is 0 Å². The van der Waals surface area contributed by atoms with Crippen LogP contribution >= 0.6 is 0 Å². The molecule has 170 valence electrons. The van der Waals surface area contributed by atoms with Crippen LogP contribution in [-0.4, -0.2) is 46.2 Å². The highest BCUT2D eigenvalue weighted by atomic mass is 19.4. The molecule has 2 aromatic rings. The maximum Gasteiger partial charge on any atom is 0.391 e. The second kappa shape index (κ2) is 8.48. The number of nitrogens with two attached hydrogens (primary N) is 1. The number of alkyl halides is 3. The van der Waals surface area contributed by atoms with Gasteiger partial charge < -0.3 is 21.3 Å². The van der Waals surface area contributed by atoms with Crippen LogP contribution in [0.2, 0.25) is 0 Å². The second-order valence-electron chi connectivity index (χ2n) is 7.61. The summed E-state index contributed by atoms with van der Waals surface area (Å²) in [7, 11) is 0. The van der Waals surface area contributed by atoms with Crippen molar-refractivity contribution in [2.24, 2.45) is 11.7 Å². The van der Waals surface area contributed by atoms with Gasteiger partial charge in [0, 0.05) is 27.9 Å². The zero-order valence-corrected chi connectivity index (χ0v) is 16.5. The minimum absolute atomic E-state index is 0.0827. The molecule has 3 rings (SSSR count). The number of hydrogen-bond acceptors (Lipinski definition) is 4. The average Bonchev–Trinajstić information content (AvgIpc) is 2.71. The third-order valence-corrected chi connectivity index (χ3v) is 5.66. The molecule has 0 radical (unpaired) electrons. The zero-order chi connectivity index (χ0) is 23.8. The molecule has 1 fully saturated rings. The van der Waals surface area contributed by atoms with E-state index in [1.807, 2.05) is 0 Å². The topological polar surface area (TPSA) is 147 Å². The molecule has 0 spiro atoms. The number of benzene rings is 2. The number of fused-ring (bicyclic) bond motifs is 1. The normalized spacial score (nSPS) is 18.8. The van der Waals surface area contributed by atoms with Gasteiger partial charge in [0.1, 0.15) is 0 Å². The van der Waals surface area contributed by atoms with E-state index >= 15 is 0 Å². The van der Waals surface area contributed by atoms with E-state index in [0.717, 1.165) is 24.3 Å². The molecule has 32 heavy (non-hydrogen) atoms. The summed E-state index contributed by atoms with van der Waals surface area (Å²) in [6.07, 6.45) is -4.45. The number of aromatic carboxylic acids is 2. The Balaban J connectivity index is 2.05. The molecule has 0 atom stereocenters. The van der Waals surface area contributed by atoms with Crippen molar-refractivity contribution in [2.45, 2.75) is 37.9 Å². The number of carboxylic acids is 2. The minimum atomic E-state index is -4.31. The molecule has 0 saturated heterocycles. The van der Waals surface area contributed by atoms with Gasteiger partial charge in [0.05, 0.1) is 17.0 Å². The second-order valence-corrected chi connectivity index (χ2v) is 7.61. The molecular formula is C21H19F3N2O6. The smallest absolute Gasteiger partial charge is 0.391 e. The molecule has 0 heterocycles. The molecule has 0 aromatic heterocycles. The van der Waals surface area contributed by atoms with E-state index < -0.39 is 53.0 Å². The van der Waals surface area contributed by atoms with Gasteiger partial charge >= 0.3 is 18.1 Å². The molecule has 2 aromatic carbocycles. The van der Waals surface area contributed by atoms with Gasteiger partial charge in [-0.2, -0.15) is 13.2 Å². The summed E-state index contributed by atoms with van der Waals surface area (Å²) < 4.78 is 38.6. The van der Waals surface area contributed by atoms with Crippen LogP contribution in [0.4, 0.5) is 13.2 Å². The Kier molecular flexibility index (Phi) is 6.11. The third kappa shape index (κ3) is 4.36. The van der Waals surface area contributed by atoms with Crippen molar-refractivity contribution in [1.82, 2.24) is 5.32 Å². The Morgan fingerprint density at radius 2 is 1.25 bits per heavy atom. The maximum atomic E-state index is 13.0. The van der Waals surface area contributed by atoms with Gasteiger partial charge in [-0.05, 0) is 49.9 Å². The third-order valence-electron chi connectivity index (χ3n) is 5.66. The fourth-order valence-electron chi connectivity index (χ4n) is 4.07. The highest BCUT2D eigenvalue weighted by Gasteiger charge is 2.41. The Morgan fingerprint density at radius 1 is 0.812 bits per heavy atom. The summed E-state index contributed by atoms with van der Waals surface area (Å²) in [6, 6.07) is 3.71. The van der Waals surface area contributed by atoms with Crippen molar-refractivity contribution >= 4 is 34.5 Å². The lowest BCUT2D eigenvalue weighted by Gasteiger charge is -2.30. The number of hydrogen-bond donors (Lipinski definition) is 4. The molecule has 11 heteroatoms. The fourth-order valence-corrected chi connectivity index (χ4v) is 4.07. The van der Waals surface area contributed by atoms with E-state index in [1.54, 1.807) is 0 Å². The Morgan fingerprint density at radius 3 is 1.69 bits per heavy atom. The van der Waals surface area contributed by atoms with Gasteiger partial charge in [-0.25, -0.2) is 9.59 Å². The largest absolute Gasteiger partial charge is 0.478 e. The number of carbonyl (C=O) groups is 4. The first-order valence-electron chi connectivity index (χ1n) is 9.65. The number of primary amides is 1. The molecule has 0 unspecified atom stereocenters. The molecule has 8 nitrogen and oxygen atoms in total. The van der Waals surface area contributed by atoms with E-state index in [-0.39, 0.29) is 47.6 Å². The van der Waals surface area contributed by atoms with E-state index in [1.165, 1.54) is 0 Å². The Labute approximate surface area is 179 Å². The molecule has 1 aliphatic rings. The molecule has 0 bridgehead atoms. The molecule has 1 aliphatic carbocycles. The van der Waals surface area contributed by atoms with Gasteiger partial charge in [-0.1, -0.05) is 0 Å². The average molecular weight is 452 g/mol. The summed E-state index contributed by atoms with van der Waals surface area (Å²) in [5.41, 5.74) is 4.00. The summed E-state index contributed by atoms with van der Waals surface area (Å²) >= 11 is 0. The predicted octanol–water partition coefficient (Wildman–Crippen LogP) is 3.19. The van der Waals surface area contributed by atoms with Crippen LogP contribution in [-0.2, 0) is 0 Å². The molecule has 0 aliphatic heterocycles. The SMILES string of the molecule is NC(=O)c1ccc(C(=O)O)c2c(C(=O)NC3CCC(C(F)(F)F)CC3)ccc(C(=O)O)c12. The van der Waals surface area contributed by atoms with Crippen molar-refractivity contribution in [1.29, 1.82) is 0 Å². The Bertz CT molecular complexity index is 1100. The first-order chi connectivity index (χ1) is 14.9. The molecular weight excluding hydrogens is 433 g/mol. The molecule has 2 amide bonds. The van der Waals surface area contributed by atoms with Gasteiger partial charge in [0.15, 0.2) is 0 Å². The summed E-state index contributed by atoms with van der Waals surface area (Å²) in [5, 5.41) is 21.1. The van der Waals surface area contributed by atoms with E-state index in [4.69, 9.17) is 5.73 Å². The van der Waals surface area contributed by atoms with Crippen LogP contribution in [0.5, 0.6) is 0 Å². The van der Waals surface area contributed by atoms with Gasteiger partial charge in [-0.3, -0.25) is 9.59 Å². The summed E-state index contributed by atoms with van der Waals surface area (Å²) in [5.74, 6) is -6.17. The van der Waals surface area contributed by atoms with Crippen molar-refractivity contribution in [2.75, 3.05) is 0 Å². The lowest BCUT2D eigenvalue weighted by molar-refractivity contribution is -0.182. The van der Waals surface area contributed by atoms with Gasteiger partial charge in [0.2, 0.25) is 5.91 Å². The van der Waals surface area contributed by atoms with Gasteiger partial charge in [0.25, 0.3) is 5.91 Å². The van der Waals surface area contributed by atoms with Crippen LogP contribution in [0, 0.1) is 5.92 Å². The van der Waals surface area contributed by atoms with Crippen LogP contribution < -0.4 is 11.1 Å². The lowest BCUT2D eigenvalue weighted by Crippen LogP contribution is -2.40. The monoisotopic (exact) mass is 452 g/mol. The highest BCUT2D eigenvalue weighted by Crippen LogP contribution is 2.38. The van der Waals surface area contributed by atoms with Crippen molar-refractivity contribution in [3.63, 3.8) is 0 Å². The number of carboxylic acid groups (broad SMARTS) is 2. The first-order valence-corrected chi connectivity index (χ1v) is 9.65.